The Morgan fingerprint density at radius 3 is 0.983 bits per heavy atom. The molecule has 30 heteroatoms. The lowest BCUT2D eigenvalue weighted by molar-refractivity contribution is -0.376. The van der Waals surface area contributed by atoms with Crippen LogP contribution in [0.4, 0.5) is 0 Å². The van der Waals surface area contributed by atoms with Crippen LogP contribution in [-0.4, -0.2) is 188 Å². The normalized spacial score (nSPS) is 26.3. The average molecular weight is 1660 g/mol. The van der Waals surface area contributed by atoms with Crippen LogP contribution in [0.3, 0.4) is 0 Å². The van der Waals surface area contributed by atoms with Gasteiger partial charge in [0, 0.05) is 16.9 Å². The Bertz CT molecular complexity index is 4770. The number of carbonyl (C=O) groups excluding carboxylic acids is 4. The van der Waals surface area contributed by atoms with Crippen molar-refractivity contribution >= 4 is 23.9 Å². The van der Waals surface area contributed by atoms with Gasteiger partial charge in [-0.1, -0.05) is 241 Å². The Labute approximate surface area is 699 Å². The zero-order valence-corrected chi connectivity index (χ0v) is 66.8. The van der Waals surface area contributed by atoms with E-state index in [-0.39, 0.29) is 64.0 Å². The molecule has 0 amide bonds. The van der Waals surface area contributed by atoms with Crippen molar-refractivity contribution in [3.8, 4) is 5.75 Å². The van der Waals surface area contributed by atoms with Gasteiger partial charge in [-0.05, 0) is 86.4 Å². The Hall–Kier alpha value is -11.3. The first-order valence-electron chi connectivity index (χ1n) is 39.4. The van der Waals surface area contributed by atoms with Gasteiger partial charge in [0.2, 0.25) is 0 Å². The summed E-state index contributed by atoms with van der Waals surface area (Å²) in [6.07, 6.45) is -29.3. The number of rotatable bonds is 39. The molecule has 0 bridgehead atoms. The molecule has 20 atom stereocenters. The highest BCUT2D eigenvalue weighted by Gasteiger charge is 2.61. The maximum absolute atomic E-state index is 15.4. The summed E-state index contributed by atoms with van der Waals surface area (Å²) in [7, 11) is 5.11. The van der Waals surface area contributed by atoms with Crippen LogP contribution in [-0.2, 0) is 146 Å². The smallest absolute Gasteiger partial charge is 0.338 e. The van der Waals surface area contributed by atoms with Crippen molar-refractivity contribution in [2.45, 2.75) is 169 Å². The molecule has 0 saturated carbocycles. The maximum Gasteiger partial charge on any atom is 0.338 e. The highest BCUT2D eigenvalue weighted by atomic mass is 16.8. The summed E-state index contributed by atoms with van der Waals surface area (Å²) in [5.41, 5.74) is 26.9. The summed E-state index contributed by atoms with van der Waals surface area (Å²) in [6, 6.07) is 75.0. The molecule has 9 aromatic carbocycles. The highest BCUT2D eigenvalue weighted by Crippen LogP contribution is 2.42. The SMILES string of the molecule is COC(=O)C1O[C@@H](O[C@@H]2C(COCc3ccccc3)O[C@H](O[C@H]3C(OCc4ccccc4)C(OC(=O)c4ccccc4)[C@@H](OC)O[C@H]3C(=O)OC)C(N=[N+]=[N-])[C@@H]2OCc2ccccc2)C(OC(=O)c2ccccc2)[C@H](OCc2ccccc2)[C@@H]1O[C@H]1OC(COCc2ccccc2)[C@H](OCc2ccc(OC)cc2)[C@@H](OCc2ccccc2)C1N=[N+]=[N-]. The molecule has 0 spiro atoms. The summed E-state index contributed by atoms with van der Waals surface area (Å²) in [5.74, 6) is -3.24. The third kappa shape index (κ3) is 23.4. The number of esters is 4. The van der Waals surface area contributed by atoms with E-state index in [1.807, 2.05) is 121 Å². The van der Waals surface area contributed by atoms with Crippen LogP contribution < -0.4 is 4.74 Å². The second-order valence-electron chi connectivity index (χ2n) is 28.6. The first-order chi connectivity index (χ1) is 59.4. The van der Waals surface area contributed by atoms with Gasteiger partial charge in [-0.25, -0.2) is 19.2 Å². The molecule has 9 aromatic rings. The number of benzene rings is 9. The predicted molar refractivity (Wildman–Crippen MR) is 431 cm³/mol. The predicted octanol–water partition coefficient (Wildman–Crippen LogP) is 13.2. The van der Waals surface area contributed by atoms with Crippen LogP contribution in [0.25, 0.3) is 20.9 Å². The molecule has 4 fully saturated rings. The average Bonchev–Trinajstić information content (AvgIpc) is 0.751. The van der Waals surface area contributed by atoms with E-state index in [9.17, 15) is 20.7 Å². The third-order valence-corrected chi connectivity index (χ3v) is 20.6. The third-order valence-electron chi connectivity index (χ3n) is 20.6. The van der Waals surface area contributed by atoms with Crippen LogP contribution in [0.2, 0.25) is 0 Å². The van der Waals surface area contributed by atoms with Crippen LogP contribution in [0.1, 0.15) is 59.7 Å². The van der Waals surface area contributed by atoms with Gasteiger partial charge in [-0.3, -0.25) is 0 Å². The molecule has 0 aliphatic carbocycles. The molecule has 632 valence electrons. The Kier molecular flexibility index (Phi) is 32.4. The first kappa shape index (κ1) is 87.5. The topological polar surface area (TPSA) is 350 Å². The molecule has 0 aromatic heterocycles. The minimum Gasteiger partial charge on any atom is -0.497 e. The molecular weight excluding hydrogens is 1560 g/mol. The van der Waals surface area contributed by atoms with E-state index < -0.39 is 153 Å². The van der Waals surface area contributed by atoms with E-state index in [0.717, 1.165) is 36.5 Å². The van der Waals surface area contributed by atoms with E-state index >= 15 is 9.59 Å². The lowest BCUT2D eigenvalue weighted by atomic mass is 9.93. The van der Waals surface area contributed by atoms with E-state index in [0.29, 0.717) is 22.4 Å². The molecular formula is C91H94N6O24. The number of azide groups is 2. The van der Waals surface area contributed by atoms with Crippen molar-refractivity contribution in [3.05, 3.63) is 338 Å². The molecule has 30 nitrogen and oxygen atoms in total. The second-order valence-corrected chi connectivity index (χ2v) is 28.6. The number of carbonyl (C=O) groups is 4. The molecule has 0 radical (unpaired) electrons. The van der Waals surface area contributed by atoms with Gasteiger partial charge in [-0.15, -0.1) is 0 Å². The monoisotopic (exact) mass is 1650 g/mol. The van der Waals surface area contributed by atoms with E-state index in [1.54, 1.807) is 141 Å². The summed E-state index contributed by atoms with van der Waals surface area (Å²) in [5, 5.41) is 8.76. The van der Waals surface area contributed by atoms with Gasteiger partial charge in [0.1, 0.15) is 78.9 Å². The molecule has 8 unspecified atom stereocenters. The number of hydrogen-bond donors (Lipinski definition) is 0. The zero-order chi connectivity index (χ0) is 84.1. The van der Waals surface area contributed by atoms with Gasteiger partial charge >= 0.3 is 23.9 Å². The molecule has 4 aliphatic heterocycles. The largest absolute Gasteiger partial charge is 0.497 e. The minimum absolute atomic E-state index is 0.0135. The lowest BCUT2D eigenvalue weighted by Gasteiger charge is -2.51. The summed E-state index contributed by atoms with van der Waals surface area (Å²) in [6.45, 7) is -1.28. The molecule has 4 saturated heterocycles. The molecule has 4 heterocycles. The van der Waals surface area contributed by atoms with Gasteiger partial charge < -0.3 is 94.7 Å². The van der Waals surface area contributed by atoms with Gasteiger partial charge in [0.15, 0.2) is 49.6 Å². The van der Waals surface area contributed by atoms with E-state index in [4.69, 9.17) is 94.7 Å². The van der Waals surface area contributed by atoms with Crippen LogP contribution >= 0.6 is 0 Å². The van der Waals surface area contributed by atoms with Crippen molar-refractivity contribution in [1.82, 2.24) is 0 Å². The van der Waals surface area contributed by atoms with Crippen LogP contribution in [0, 0.1) is 0 Å². The van der Waals surface area contributed by atoms with E-state index in [2.05, 4.69) is 20.1 Å². The first-order valence-corrected chi connectivity index (χ1v) is 39.4. The van der Waals surface area contributed by atoms with Crippen molar-refractivity contribution in [1.29, 1.82) is 0 Å². The van der Waals surface area contributed by atoms with Gasteiger partial charge in [-0.2, -0.15) is 0 Å². The van der Waals surface area contributed by atoms with Crippen molar-refractivity contribution in [3.63, 3.8) is 0 Å². The Morgan fingerprint density at radius 2 is 0.628 bits per heavy atom. The maximum atomic E-state index is 15.4. The lowest BCUT2D eigenvalue weighted by Crippen LogP contribution is -2.69. The van der Waals surface area contributed by atoms with Crippen molar-refractivity contribution in [2.24, 2.45) is 10.2 Å². The fourth-order valence-corrected chi connectivity index (χ4v) is 14.6. The molecule has 4 aliphatic rings. The summed E-state index contributed by atoms with van der Waals surface area (Å²) >= 11 is 0. The standard InChI is InChI=1S/C91H94N6O24/c1-102-67-47-45-64(46-48-67)55-108-72-68(56-106-49-58-29-13-5-14-30-58)113-88(70(94-96-92)74(72)109-51-60-33-17-7-18-34-60)119-79-77(112-54-63-39-23-10-24-40-63)83(116-85(99)66-43-27-12-28-44-66)91(121-81(79)87(101)104-3)117-73-69(57-107-50-59-31-15-6-16-32-59)114-89(71(95-97-93)75(73)110-52-61-35-19-8-20-36-61)118-78-76(111-53-62-37-21-9-22-38-62)82(90(105-4)120-80(78)86(100)103-2)115-84(98)65-41-25-11-26-42-65/h5-48,68-83,88-91H,49-57H2,1-4H3/t68?,69?,70?,71?,72-,73+,74-,75-,76?,77+,78-,79-,80+,81?,82?,83?,88+,89+,90-,91+/m0/s1. The fraction of sp³-hybridized carbons (Fsp3) is 0.363. The number of nitrogens with zero attached hydrogens (tertiary/aromatic N) is 6. The van der Waals surface area contributed by atoms with Crippen LogP contribution in [0.5, 0.6) is 5.75 Å². The zero-order valence-electron chi connectivity index (χ0n) is 66.8. The van der Waals surface area contributed by atoms with Gasteiger partial charge in [0.05, 0.1) is 91.9 Å². The Morgan fingerprint density at radius 1 is 0.322 bits per heavy atom. The number of hydrogen-bond acceptors (Lipinski definition) is 26. The quantitative estimate of drug-likeness (QED) is 0.0113. The fourth-order valence-electron chi connectivity index (χ4n) is 14.6. The van der Waals surface area contributed by atoms with Gasteiger partial charge in [0.25, 0.3) is 0 Å². The number of ether oxygens (including phenoxy) is 20. The molecule has 0 N–H and O–H groups in total. The van der Waals surface area contributed by atoms with E-state index in [1.165, 1.54) is 19.2 Å². The highest BCUT2D eigenvalue weighted by molar-refractivity contribution is 5.90. The summed E-state index contributed by atoms with van der Waals surface area (Å²) in [4.78, 5) is 66.4. The second kappa shape index (κ2) is 44.8. The van der Waals surface area contributed by atoms with Crippen molar-refractivity contribution in [2.75, 3.05) is 41.7 Å². The molecule has 13 rings (SSSR count). The van der Waals surface area contributed by atoms with Crippen LogP contribution in [0.15, 0.2) is 277 Å². The number of methoxy groups -OCH3 is 4. The Balaban J connectivity index is 0.935. The summed E-state index contributed by atoms with van der Waals surface area (Å²) < 4.78 is 133. The minimum atomic E-state index is -2.02. The van der Waals surface area contributed by atoms with Crippen molar-refractivity contribution < 1.29 is 114 Å². The molecule has 121 heavy (non-hydrogen) atoms.